The average molecular weight is 134 g/mol. The van der Waals surface area contributed by atoms with Crippen LogP contribution in [0.1, 0.15) is 27.7 Å². The van der Waals surface area contributed by atoms with Gasteiger partial charge in [-0.15, -0.1) is 0 Å². The van der Waals surface area contributed by atoms with E-state index in [1.54, 1.807) is 0 Å². The summed E-state index contributed by atoms with van der Waals surface area (Å²) in [5, 5.41) is 0. The molecule has 10 heavy (non-hydrogen) atoms. The standard InChI is InChI=1S/C8H16B2/c1-7(2,3)8(4,5-9)6-10/h5-6H2,1-4H3. The molecule has 0 heterocycles. The second-order valence-electron chi connectivity index (χ2n) is 4.22. The second kappa shape index (κ2) is 3.02. The summed E-state index contributed by atoms with van der Waals surface area (Å²) in [6.45, 7) is 8.65. The van der Waals surface area contributed by atoms with Crippen molar-refractivity contribution in [3.05, 3.63) is 0 Å². The van der Waals surface area contributed by atoms with Gasteiger partial charge in [-0.25, -0.2) is 0 Å². The number of hydrogen-bond donors (Lipinski definition) is 0. The summed E-state index contributed by atoms with van der Waals surface area (Å²) in [7, 11) is 11.2. The van der Waals surface area contributed by atoms with E-state index in [2.05, 4.69) is 27.7 Å². The highest BCUT2D eigenvalue weighted by molar-refractivity contribution is 6.12. The van der Waals surface area contributed by atoms with Gasteiger partial charge in [0.2, 0.25) is 0 Å². The van der Waals surface area contributed by atoms with Crippen molar-refractivity contribution >= 4 is 15.7 Å². The lowest BCUT2D eigenvalue weighted by molar-refractivity contribution is 0.158. The molecular formula is C8H16B2. The molecule has 0 aliphatic heterocycles. The Balaban J connectivity index is 4.33. The van der Waals surface area contributed by atoms with E-state index in [0.29, 0.717) is 12.6 Å². The smallest absolute Gasteiger partial charge is 0.0660 e. The summed E-state index contributed by atoms with van der Waals surface area (Å²) in [5.74, 6) is 0. The second-order valence-corrected chi connectivity index (χ2v) is 4.22. The molecule has 54 valence electrons. The first-order valence-corrected chi connectivity index (χ1v) is 3.77. The third-order valence-electron chi connectivity index (χ3n) is 2.71. The molecule has 0 aromatic carbocycles. The Bertz CT molecular complexity index is 98.3. The van der Waals surface area contributed by atoms with Crippen LogP contribution in [0.5, 0.6) is 0 Å². The maximum Gasteiger partial charge on any atom is 0.0660 e. The van der Waals surface area contributed by atoms with Gasteiger partial charge >= 0.3 is 0 Å². The van der Waals surface area contributed by atoms with Crippen LogP contribution in [0.2, 0.25) is 12.6 Å². The van der Waals surface area contributed by atoms with Gasteiger partial charge in [-0.2, -0.15) is 0 Å². The van der Waals surface area contributed by atoms with Crippen molar-refractivity contribution in [1.82, 2.24) is 0 Å². The summed E-state index contributed by atoms with van der Waals surface area (Å²) < 4.78 is 0. The molecular weight excluding hydrogens is 118 g/mol. The fourth-order valence-corrected chi connectivity index (χ4v) is 0.696. The zero-order valence-corrected chi connectivity index (χ0v) is 7.57. The molecule has 0 aromatic rings. The minimum Gasteiger partial charge on any atom is -0.0836 e. The van der Waals surface area contributed by atoms with Gasteiger partial charge in [0, 0.05) is 0 Å². The lowest BCUT2D eigenvalue weighted by atomic mass is 9.57. The Labute approximate surface area is 67.6 Å². The molecule has 2 heteroatoms. The van der Waals surface area contributed by atoms with Gasteiger partial charge in [-0.3, -0.25) is 0 Å². The summed E-state index contributed by atoms with van der Waals surface area (Å²) in [5.41, 5.74) is 0.281. The van der Waals surface area contributed by atoms with Crippen LogP contribution in [-0.4, -0.2) is 15.7 Å². The van der Waals surface area contributed by atoms with Gasteiger partial charge in [0.15, 0.2) is 0 Å². The molecule has 0 amide bonds. The molecule has 0 bridgehead atoms. The fourth-order valence-electron chi connectivity index (χ4n) is 0.696. The minimum absolute atomic E-state index is 0.0764. The molecule has 0 nitrogen and oxygen atoms in total. The van der Waals surface area contributed by atoms with E-state index < -0.39 is 0 Å². The van der Waals surface area contributed by atoms with Crippen molar-refractivity contribution in [3.8, 4) is 0 Å². The highest BCUT2D eigenvalue weighted by atomic mass is 14.4. The van der Waals surface area contributed by atoms with E-state index in [0.717, 1.165) is 0 Å². The summed E-state index contributed by atoms with van der Waals surface area (Å²) in [6, 6.07) is 0. The Morgan fingerprint density at radius 2 is 1.20 bits per heavy atom. The number of hydrogen-bond acceptors (Lipinski definition) is 0. The van der Waals surface area contributed by atoms with Gasteiger partial charge in [-0.1, -0.05) is 40.3 Å². The van der Waals surface area contributed by atoms with E-state index in [1.165, 1.54) is 0 Å². The monoisotopic (exact) mass is 134 g/mol. The third-order valence-corrected chi connectivity index (χ3v) is 2.71. The van der Waals surface area contributed by atoms with E-state index in [-0.39, 0.29) is 10.8 Å². The normalized spacial score (nSPS) is 13.6. The largest absolute Gasteiger partial charge is 0.0836 e. The summed E-state index contributed by atoms with van der Waals surface area (Å²) in [6.07, 6.45) is 1.32. The van der Waals surface area contributed by atoms with E-state index >= 15 is 0 Å². The van der Waals surface area contributed by atoms with E-state index in [4.69, 9.17) is 15.7 Å². The zero-order chi connectivity index (χ0) is 8.41. The highest BCUT2D eigenvalue weighted by Crippen LogP contribution is 2.43. The Kier molecular flexibility index (Phi) is 3.06. The molecule has 0 spiro atoms. The van der Waals surface area contributed by atoms with Gasteiger partial charge in [0.1, 0.15) is 0 Å². The van der Waals surface area contributed by atoms with Crippen LogP contribution in [0.3, 0.4) is 0 Å². The van der Waals surface area contributed by atoms with Crippen molar-refractivity contribution < 1.29 is 0 Å². The van der Waals surface area contributed by atoms with Crippen molar-refractivity contribution in [2.75, 3.05) is 0 Å². The molecule has 0 aromatic heterocycles. The number of rotatable bonds is 2. The molecule has 0 aliphatic carbocycles. The predicted molar refractivity (Wildman–Crippen MR) is 48.7 cm³/mol. The maximum absolute atomic E-state index is 5.62. The Hall–Kier alpha value is 0.130. The molecule has 4 radical (unpaired) electrons. The summed E-state index contributed by atoms with van der Waals surface area (Å²) in [4.78, 5) is 0. The predicted octanol–water partition coefficient (Wildman–Crippen LogP) is 2.21. The van der Waals surface area contributed by atoms with Crippen LogP contribution in [0.25, 0.3) is 0 Å². The van der Waals surface area contributed by atoms with Crippen LogP contribution < -0.4 is 0 Å². The molecule has 0 saturated heterocycles. The SMILES string of the molecule is [B]CC(C)(C[B])C(C)(C)C. The first-order valence-electron chi connectivity index (χ1n) is 3.77. The lowest BCUT2D eigenvalue weighted by Gasteiger charge is -2.41. The zero-order valence-electron chi connectivity index (χ0n) is 7.57. The molecule has 0 saturated carbocycles. The maximum atomic E-state index is 5.62. The molecule has 0 N–H and O–H groups in total. The van der Waals surface area contributed by atoms with Gasteiger partial charge in [-0.05, 0) is 10.8 Å². The van der Waals surface area contributed by atoms with Crippen LogP contribution in [0.4, 0.5) is 0 Å². The first-order chi connectivity index (χ1) is 4.37. The molecule has 0 fully saturated rings. The van der Waals surface area contributed by atoms with Crippen molar-refractivity contribution in [1.29, 1.82) is 0 Å². The highest BCUT2D eigenvalue weighted by Gasteiger charge is 2.32. The van der Waals surface area contributed by atoms with Crippen LogP contribution in [0, 0.1) is 10.8 Å². The summed E-state index contributed by atoms with van der Waals surface area (Å²) >= 11 is 0. The van der Waals surface area contributed by atoms with Crippen LogP contribution in [0.15, 0.2) is 0 Å². The average Bonchev–Trinajstić information content (AvgIpc) is 1.84. The van der Waals surface area contributed by atoms with Crippen molar-refractivity contribution in [2.45, 2.75) is 40.3 Å². The fraction of sp³-hybridized carbons (Fsp3) is 1.00. The lowest BCUT2D eigenvalue weighted by Crippen LogP contribution is -2.31. The first kappa shape index (κ1) is 10.1. The van der Waals surface area contributed by atoms with Gasteiger partial charge < -0.3 is 0 Å². The van der Waals surface area contributed by atoms with Crippen molar-refractivity contribution in [2.24, 2.45) is 10.8 Å². The molecule has 0 aliphatic rings. The van der Waals surface area contributed by atoms with E-state index in [9.17, 15) is 0 Å². The molecule has 0 unspecified atom stereocenters. The van der Waals surface area contributed by atoms with Gasteiger partial charge in [0.25, 0.3) is 0 Å². The Morgan fingerprint density at radius 3 is 1.20 bits per heavy atom. The third kappa shape index (κ3) is 1.81. The van der Waals surface area contributed by atoms with Crippen LogP contribution in [-0.2, 0) is 0 Å². The minimum atomic E-state index is 0.0764. The van der Waals surface area contributed by atoms with Crippen LogP contribution >= 0.6 is 0 Å². The molecule has 0 rings (SSSR count). The quantitative estimate of drug-likeness (QED) is 0.507. The van der Waals surface area contributed by atoms with Gasteiger partial charge in [0.05, 0.1) is 15.7 Å². The topological polar surface area (TPSA) is 0 Å². The van der Waals surface area contributed by atoms with Crippen molar-refractivity contribution in [3.63, 3.8) is 0 Å². The van der Waals surface area contributed by atoms with E-state index in [1.807, 2.05) is 0 Å². The molecule has 0 atom stereocenters. The Morgan fingerprint density at radius 1 is 0.900 bits per heavy atom.